The largest absolute Gasteiger partial charge is 0.401 e. The highest BCUT2D eigenvalue weighted by molar-refractivity contribution is 5.91. The highest BCUT2D eigenvalue weighted by Crippen LogP contribution is 2.59. The summed E-state index contributed by atoms with van der Waals surface area (Å²) < 4.78 is 74.9. The maximum atomic E-state index is 14.8. The number of alkyl halides is 4. The maximum Gasteiger partial charge on any atom is 0.401 e. The molecule has 1 amide bonds. The Morgan fingerprint density at radius 1 is 1.12 bits per heavy atom. The number of hydrogen-bond donors (Lipinski definition) is 3. The zero-order valence-corrected chi connectivity index (χ0v) is 21.3. The van der Waals surface area contributed by atoms with Crippen molar-refractivity contribution in [2.24, 2.45) is 0 Å². The molecule has 0 unspecified atom stereocenters. The van der Waals surface area contributed by atoms with Crippen molar-refractivity contribution in [1.29, 1.82) is 0 Å². The molecule has 2 fully saturated rings. The average molecular weight is 575 g/mol. The molecule has 6 rings (SSSR count). The van der Waals surface area contributed by atoms with E-state index >= 15 is 0 Å². The van der Waals surface area contributed by atoms with Crippen LogP contribution < -0.4 is 16.0 Å². The van der Waals surface area contributed by atoms with E-state index in [0.29, 0.717) is 23.4 Å². The Labute approximate surface area is 229 Å². The number of amides is 1. The smallest absolute Gasteiger partial charge is 0.358 e. The van der Waals surface area contributed by atoms with Crippen molar-refractivity contribution in [3.63, 3.8) is 0 Å². The van der Waals surface area contributed by atoms with Gasteiger partial charge < -0.3 is 20.5 Å². The molecule has 0 radical (unpaired) electrons. The molecule has 1 saturated carbocycles. The first-order chi connectivity index (χ1) is 19.6. The third-order valence-electron chi connectivity index (χ3n) is 7.24. The second kappa shape index (κ2) is 10.2. The summed E-state index contributed by atoms with van der Waals surface area (Å²) in [6.45, 7) is 0.771. The second-order valence-electron chi connectivity index (χ2n) is 10.1. The Hall–Kier alpha value is -4.40. The summed E-state index contributed by atoms with van der Waals surface area (Å²) in [4.78, 5) is 20.9. The fourth-order valence-corrected chi connectivity index (χ4v) is 4.73. The third kappa shape index (κ3) is 5.36. The van der Waals surface area contributed by atoms with Crippen LogP contribution in [0.2, 0.25) is 0 Å². The van der Waals surface area contributed by atoms with Crippen LogP contribution >= 0.6 is 0 Å². The van der Waals surface area contributed by atoms with Crippen molar-refractivity contribution < 1.29 is 31.3 Å². The predicted octanol–water partition coefficient (Wildman–Crippen LogP) is 4.47. The molecule has 4 aromatic rings. The molecular formula is C26H23F5N8O2. The minimum absolute atomic E-state index is 0.0770. The lowest BCUT2D eigenvalue weighted by Gasteiger charge is -2.14. The lowest BCUT2D eigenvalue weighted by Crippen LogP contribution is -2.28. The van der Waals surface area contributed by atoms with E-state index in [1.54, 1.807) is 23.1 Å². The van der Waals surface area contributed by atoms with Gasteiger partial charge in [-0.25, -0.2) is 18.7 Å². The van der Waals surface area contributed by atoms with Crippen molar-refractivity contribution in [3.8, 4) is 11.1 Å². The molecule has 2 atom stereocenters. The van der Waals surface area contributed by atoms with Crippen LogP contribution in [0.1, 0.15) is 30.2 Å². The summed E-state index contributed by atoms with van der Waals surface area (Å²) in [7, 11) is 0. The Morgan fingerprint density at radius 2 is 1.90 bits per heavy atom. The van der Waals surface area contributed by atoms with Crippen molar-refractivity contribution >= 4 is 23.4 Å². The Balaban J connectivity index is 1.06. The standard InChI is InChI=1S/C26H23F5N8O2/c27-18-5-14(16-8-33-24(34-9-16)36-17-10-35-39(13-17)20-12-32-11-19(20)28)1-2-15(18)6-23(40)37-22-7-21(41-38-22)25(3-4-25)26(29,30)31/h1-2,5,7-10,13,19-20,32H,3-4,6,11-12H2,(H,33,34,36)(H,37,38,40)/t19-,20+/m1/s1. The summed E-state index contributed by atoms with van der Waals surface area (Å²) >= 11 is 0. The van der Waals surface area contributed by atoms with Crippen LogP contribution in [0, 0.1) is 5.82 Å². The van der Waals surface area contributed by atoms with Crippen molar-refractivity contribution in [1.82, 2.24) is 30.2 Å². The third-order valence-corrected chi connectivity index (χ3v) is 7.24. The van der Waals surface area contributed by atoms with E-state index in [2.05, 4.69) is 36.2 Å². The summed E-state index contributed by atoms with van der Waals surface area (Å²) in [5.41, 5.74) is -0.406. The molecule has 41 heavy (non-hydrogen) atoms. The number of benzene rings is 1. The molecule has 10 nitrogen and oxygen atoms in total. The van der Waals surface area contributed by atoms with Crippen LogP contribution in [0.15, 0.2) is 53.6 Å². The number of carbonyl (C=O) groups is 1. The molecule has 1 saturated heterocycles. The molecule has 0 bridgehead atoms. The number of nitrogens with zero attached hydrogens (tertiary/aromatic N) is 5. The number of rotatable bonds is 8. The first-order valence-corrected chi connectivity index (χ1v) is 12.7. The number of anilines is 3. The Morgan fingerprint density at radius 3 is 2.56 bits per heavy atom. The van der Waals surface area contributed by atoms with Crippen LogP contribution in [0.3, 0.4) is 0 Å². The monoisotopic (exact) mass is 574 g/mol. The number of aromatic nitrogens is 5. The fourth-order valence-electron chi connectivity index (χ4n) is 4.73. The van der Waals surface area contributed by atoms with E-state index < -0.39 is 29.5 Å². The van der Waals surface area contributed by atoms with E-state index in [1.807, 2.05) is 0 Å². The first-order valence-electron chi connectivity index (χ1n) is 12.7. The van der Waals surface area contributed by atoms with Gasteiger partial charge in [0.15, 0.2) is 11.6 Å². The summed E-state index contributed by atoms with van der Waals surface area (Å²) in [6, 6.07) is 4.92. The zero-order valence-electron chi connectivity index (χ0n) is 21.3. The number of halogens is 5. The number of hydrogen-bond acceptors (Lipinski definition) is 8. The molecule has 3 aromatic heterocycles. The van der Waals surface area contributed by atoms with Gasteiger partial charge in [-0.1, -0.05) is 17.3 Å². The van der Waals surface area contributed by atoms with Crippen molar-refractivity contribution in [2.45, 2.75) is 43.1 Å². The van der Waals surface area contributed by atoms with Crippen molar-refractivity contribution in [2.75, 3.05) is 23.7 Å². The number of carbonyl (C=O) groups excluding carboxylic acids is 1. The normalized spacial score (nSPS) is 19.7. The van der Waals surface area contributed by atoms with Crippen LogP contribution in [-0.2, 0) is 16.6 Å². The lowest BCUT2D eigenvalue weighted by atomic mass is 10.0. The predicted molar refractivity (Wildman–Crippen MR) is 136 cm³/mol. The molecule has 1 aliphatic carbocycles. The molecule has 3 N–H and O–H groups in total. The number of nitrogens with one attached hydrogen (secondary N) is 3. The van der Waals surface area contributed by atoms with Gasteiger partial charge in [-0.2, -0.15) is 18.3 Å². The molecule has 1 aliphatic heterocycles. The highest BCUT2D eigenvalue weighted by Gasteiger charge is 2.66. The van der Waals surface area contributed by atoms with E-state index in [1.165, 1.54) is 24.5 Å². The van der Waals surface area contributed by atoms with Gasteiger partial charge in [-0.15, -0.1) is 0 Å². The van der Waals surface area contributed by atoms with Crippen LogP contribution in [0.5, 0.6) is 0 Å². The molecule has 15 heteroatoms. The summed E-state index contributed by atoms with van der Waals surface area (Å²) in [5, 5.41) is 16.0. The quantitative estimate of drug-likeness (QED) is 0.264. The van der Waals surface area contributed by atoms with Crippen molar-refractivity contribution in [3.05, 3.63) is 66.2 Å². The van der Waals surface area contributed by atoms with Crippen LogP contribution in [0.4, 0.5) is 39.4 Å². The minimum atomic E-state index is -4.47. The van der Waals surface area contributed by atoms with E-state index in [0.717, 1.165) is 6.07 Å². The molecule has 0 spiro atoms. The second-order valence-corrected chi connectivity index (χ2v) is 10.1. The van der Waals surface area contributed by atoms with E-state index in [-0.39, 0.29) is 54.9 Å². The Bertz CT molecular complexity index is 1560. The summed E-state index contributed by atoms with van der Waals surface area (Å²) in [5.74, 6) is -1.58. The van der Waals surface area contributed by atoms with E-state index in [9.17, 15) is 26.7 Å². The topological polar surface area (TPSA) is 123 Å². The fraction of sp³-hybridized carbons (Fsp3) is 0.346. The molecule has 2 aliphatic rings. The summed E-state index contributed by atoms with van der Waals surface area (Å²) in [6.07, 6.45) is 0.122. The Kier molecular flexibility index (Phi) is 6.68. The van der Waals surface area contributed by atoms with Gasteiger partial charge in [0.1, 0.15) is 17.4 Å². The molecular weight excluding hydrogens is 551 g/mol. The van der Waals surface area contributed by atoms with Gasteiger partial charge in [0.2, 0.25) is 11.9 Å². The van der Waals surface area contributed by atoms with Crippen LogP contribution in [0.25, 0.3) is 11.1 Å². The molecule has 214 valence electrons. The van der Waals surface area contributed by atoms with Gasteiger partial charge in [-0.3, -0.25) is 9.48 Å². The highest BCUT2D eigenvalue weighted by atomic mass is 19.4. The van der Waals surface area contributed by atoms with Gasteiger partial charge in [0.25, 0.3) is 0 Å². The van der Waals surface area contributed by atoms with Gasteiger partial charge in [-0.05, 0) is 30.0 Å². The van der Waals surface area contributed by atoms with E-state index in [4.69, 9.17) is 4.52 Å². The van der Waals surface area contributed by atoms with Gasteiger partial charge in [0, 0.05) is 43.3 Å². The zero-order chi connectivity index (χ0) is 28.8. The lowest BCUT2D eigenvalue weighted by molar-refractivity contribution is -0.165. The molecule has 4 heterocycles. The van der Waals surface area contributed by atoms with Gasteiger partial charge >= 0.3 is 6.18 Å². The molecule has 1 aromatic carbocycles. The SMILES string of the molecule is O=C(Cc1ccc(-c2cnc(Nc3cnn([C@H]4CNC[C@H]4F)c3)nc2)cc1F)Nc1cc(C2(C(F)(F)F)CC2)on1. The minimum Gasteiger partial charge on any atom is -0.358 e. The first kappa shape index (κ1) is 26.8. The average Bonchev–Trinajstić information content (AvgIpc) is 3.20. The van der Waals surface area contributed by atoms with Gasteiger partial charge in [0.05, 0.1) is 24.3 Å². The maximum absolute atomic E-state index is 14.8. The van der Waals surface area contributed by atoms with Crippen LogP contribution in [-0.4, -0.2) is 56.2 Å².